The Morgan fingerprint density at radius 1 is 1.39 bits per heavy atom. The number of halogens is 1. The second kappa shape index (κ2) is 5.63. The van der Waals surface area contributed by atoms with Crippen LogP contribution in [0.4, 0.5) is 0 Å². The standard InChI is InChI=1S/C13H13BrO4/c1-2-17-10(15)7-18-13-9-6-4-3-5-8(9)12(16)11(13)14/h3-6,11,13H,2,7H2,1H3. The Labute approximate surface area is 113 Å². The first-order valence-corrected chi connectivity index (χ1v) is 6.61. The molecule has 0 aromatic heterocycles. The topological polar surface area (TPSA) is 52.6 Å². The lowest BCUT2D eigenvalue weighted by Crippen LogP contribution is -2.20. The van der Waals surface area contributed by atoms with Gasteiger partial charge >= 0.3 is 5.97 Å². The molecule has 0 radical (unpaired) electrons. The van der Waals surface area contributed by atoms with Gasteiger partial charge in [-0.1, -0.05) is 40.2 Å². The minimum Gasteiger partial charge on any atom is -0.464 e. The van der Waals surface area contributed by atoms with Gasteiger partial charge in [-0.3, -0.25) is 4.79 Å². The normalized spacial score (nSPS) is 21.8. The number of carbonyl (C=O) groups is 2. The van der Waals surface area contributed by atoms with E-state index in [1.165, 1.54) is 0 Å². The molecule has 0 saturated carbocycles. The van der Waals surface area contributed by atoms with E-state index in [9.17, 15) is 9.59 Å². The predicted octanol–water partition coefficient (Wildman–Crippen LogP) is 2.27. The zero-order valence-corrected chi connectivity index (χ0v) is 11.5. The zero-order chi connectivity index (χ0) is 13.1. The van der Waals surface area contributed by atoms with Crippen LogP contribution in [0.2, 0.25) is 0 Å². The van der Waals surface area contributed by atoms with Crippen LogP contribution < -0.4 is 0 Å². The molecule has 0 heterocycles. The molecule has 0 saturated heterocycles. The summed E-state index contributed by atoms with van der Waals surface area (Å²) in [6, 6.07) is 7.26. The Bertz CT molecular complexity index is 472. The fourth-order valence-electron chi connectivity index (χ4n) is 1.95. The number of hydrogen-bond donors (Lipinski definition) is 0. The molecule has 2 rings (SSSR count). The molecule has 5 heteroatoms. The lowest BCUT2D eigenvalue weighted by atomic mass is 10.1. The fraction of sp³-hybridized carbons (Fsp3) is 0.385. The van der Waals surface area contributed by atoms with Crippen LogP contribution in [-0.2, 0) is 14.3 Å². The number of fused-ring (bicyclic) bond motifs is 1. The molecule has 96 valence electrons. The van der Waals surface area contributed by atoms with E-state index >= 15 is 0 Å². The third-order valence-electron chi connectivity index (χ3n) is 2.74. The highest BCUT2D eigenvalue weighted by atomic mass is 79.9. The van der Waals surface area contributed by atoms with Gasteiger partial charge in [0.05, 0.1) is 6.61 Å². The van der Waals surface area contributed by atoms with Crippen LogP contribution in [0.15, 0.2) is 24.3 Å². The fourth-order valence-corrected chi connectivity index (χ4v) is 2.63. The second-order valence-corrected chi connectivity index (χ2v) is 4.88. The number of ether oxygens (including phenoxy) is 2. The third kappa shape index (κ3) is 2.47. The summed E-state index contributed by atoms with van der Waals surface area (Å²) in [7, 11) is 0. The van der Waals surface area contributed by atoms with E-state index in [0.29, 0.717) is 12.2 Å². The molecule has 0 N–H and O–H groups in total. The van der Waals surface area contributed by atoms with Gasteiger partial charge in [0, 0.05) is 5.56 Å². The van der Waals surface area contributed by atoms with Crippen LogP contribution in [0, 0.1) is 0 Å². The van der Waals surface area contributed by atoms with Crippen LogP contribution in [-0.4, -0.2) is 29.8 Å². The van der Waals surface area contributed by atoms with Gasteiger partial charge < -0.3 is 9.47 Å². The van der Waals surface area contributed by atoms with Crippen LogP contribution in [0.1, 0.15) is 28.9 Å². The van der Waals surface area contributed by atoms with Crippen molar-refractivity contribution in [3.63, 3.8) is 0 Å². The van der Waals surface area contributed by atoms with E-state index in [-0.39, 0.29) is 12.4 Å². The summed E-state index contributed by atoms with van der Waals surface area (Å²) in [5, 5.41) is 0. The van der Waals surface area contributed by atoms with E-state index < -0.39 is 16.9 Å². The second-order valence-electron chi connectivity index (χ2n) is 3.89. The Balaban J connectivity index is 2.10. The minimum absolute atomic E-state index is 0.0144. The molecule has 0 fully saturated rings. The molecule has 4 nitrogen and oxygen atoms in total. The van der Waals surface area contributed by atoms with E-state index in [1.54, 1.807) is 13.0 Å². The Morgan fingerprint density at radius 2 is 2.11 bits per heavy atom. The summed E-state index contributed by atoms with van der Waals surface area (Å²) >= 11 is 3.31. The van der Waals surface area contributed by atoms with Crippen molar-refractivity contribution in [2.45, 2.75) is 17.9 Å². The Kier molecular flexibility index (Phi) is 4.14. The highest BCUT2D eigenvalue weighted by Gasteiger charge is 2.38. The molecule has 1 aliphatic rings. The van der Waals surface area contributed by atoms with E-state index in [4.69, 9.17) is 9.47 Å². The zero-order valence-electron chi connectivity index (χ0n) is 9.89. The van der Waals surface area contributed by atoms with Gasteiger partial charge in [0.15, 0.2) is 5.78 Å². The molecule has 0 bridgehead atoms. The van der Waals surface area contributed by atoms with Crippen molar-refractivity contribution in [2.75, 3.05) is 13.2 Å². The Morgan fingerprint density at radius 3 is 2.83 bits per heavy atom. The van der Waals surface area contributed by atoms with E-state index in [1.807, 2.05) is 18.2 Å². The van der Waals surface area contributed by atoms with Crippen molar-refractivity contribution in [2.24, 2.45) is 0 Å². The number of benzene rings is 1. The number of Topliss-reactive ketones (excluding diaryl/α,β-unsaturated/α-hetero) is 1. The maximum absolute atomic E-state index is 11.9. The van der Waals surface area contributed by atoms with Crippen molar-refractivity contribution in [3.8, 4) is 0 Å². The molecule has 0 aliphatic heterocycles. The van der Waals surface area contributed by atoms with Crippen LogP contribution in [0.3, 0.4) is 0 Å². The molecule has 0 spiro atoms. The molecule has 18 heavy (non-hydrogen) atoms. The van der Waals surface area contributed by atoms with Gasteiger partial charge in [-0.05, 0) is 12.5 Å². The number of rotatable bonds is 4. The van der Waals surface area contributed by atoms with E-state index in [0.717, 1.165) is 5.56 Å². The van der Waals surface area contributed by atoms with Crippen molar-refractivity contribution in [3.05, 3.63) is 35.4 Å². The first-order chi connectivity index (χ1) is 8.65. The Hall–Kier alpha value is -1.20. The summed E-state index contributed by atoms with van der Waals surface area (Å²) < 4.78 is 10.3. The van der Waals surface area contributed by atoms with E-state index in [2.05, 4.69) is 15.9 Å². The SMILES string of the molecule is CCOC(=O)COC1c2ccccc2C(=O)C1Br. The van der Waals surface area contributed by atoms with Gasteiger partial charge in [-0.25, -0.2) is 4.79 Å². The molecule has 1 aromatic rings. The molecule has 2 atom stereocenters. The summed E-state index contributed by atoms with van der Waals surface area (Å²) in [4.78, 5) is 22.7. The van der Waals surface area contributed by atoms with Crippen molar-refractivity contribution < 1.29 is 19.1 Å². The molecule has 0 amide bonds. The maximum Gasteiger partial charge on any atom is 0.332 e. The van der Waals surface area contributed by atoms with Gasteiger partial charge in [0.2, 0.25) is 0 Å². The summed E-state index contributed by atoms with van der Waals surface area (Å²) in [6.45, 7) is 1.90. The highest BCUT2D eigenvalue weighted by molar-refractivity contribution is 9.10. The molecule has 2 unspecified atom stereocenters. The highest BCUT2D eigenvalue weighted by Crippen LogP contribution is 2.38. The first kappa shape index (κ1) is 13.2. The minimum atomic E-state index is -0.440. The van der Waals surface area contributed by atoms with Gasteiger partial charge in [0.25, 0.3) is 0 Å². The van der Waals surface area contributed by atoms with Crippen molar-refractivity contribution >= 4 is 27.7 Å². The average Bonchev–Trinajstić information content (AvgIpc) is 2.61. The lowest BCUT2D eigenvalue weighted by Gasteiger charge is -2.15. The molecule has 1 aliphatic carbocycles. The maximum atomic E-state index is 11.9. The van der Waals surface area contributed by atoms with Gasteiger partial charge in [0.1, 0.15) is 17.5 Å². The molecule has 1 aromatic carbocycles. The number of carbonyl (C=O) groups excluding carboxylic acids is 2. The third-order valence-corrected chi connectivity index (χ3v) is 3.63. The summed E-state index contributed by atoms with van der Waals surface area (Å²) in [6.07, 6.45) is -0.432. The lowest BCUT2D eigenvalue weighted by molar-refractivity contribution is -0.150. The van der Waals surface area contributed by atoms with Crippen molar-refractivity contribution in [1.29, 1.82) is 0 Å². The molecular formula is C13H13BrO4. The average molecular weight is 313 g/mol. The van der Waals surface area contributed by atoms with Crippen molar-refractivity contribution in [1.82, 2.24) is 0 Å². The number of hydrogen-bond acceptors (Lipinski definition) is 4. The number of ketones is 1. The molecular weight excluding hydrogens is 300 g/mol. The number of esters is 1. The number of alkyl halides is 1. The quantitative estimate of drug-likeness (QED) is 0.632. The largest absolute Gasteiger partial charge is 0.464 e. The van der Waals surface area contributed by atoms with Gasteiger partial charge in [-0.2, -0.15) is 0 Å². The first-order valence-electron chi connectivity index (χ1n) is 5.69. The van der Waals surface area contributed by atoms with Crippen LogP contribution in [0.25, 0.3) is 0 Å². The predicted molar refractivity (Wildman–Crippen MR) is 68.8 cm³/mol. The summed E-state index contributed by atoms with van der Waals surface area (Å²) in [5.41, 5.74) is 1.46. The van der Waals surface area contributed by atoms with Crippen LogP contribution >= 0.6 is 15.9 Å². The monoisotopic (exact) mass is 312 g/mol. The smallest absolute Gasteiger partial charge is 0.332 e. The summed E-state index contributed by atoms with van der Waals surface area (Å²) in [5.74, 6) is -0.437. The van der Waals surface area contributed by atoms with Gasteiger partial charge in [-0.15, -0.1) is 0 Å². The van der Waals surface area contributed by atoms with Crippen LogP contribution in [0.5, 0.6) is 0 Å².